The summed E-state index contributed by atoms with van der Waals surface area (Å²) in [5, 5.41) is 2.11. The van der Waals surface area contributed by atoms with Crippen LogP contribution in [0, 0.1) is 0 Å². The van der Waals surface area contributed by atoms with Crippen molar-refractivity contribution in [1.29, 1.82) is 0 Å². The summed E-state index contributed by atoms with van der Waals surface area (Å²) < 4.78 is 43.5. The monoisotopic (exact) mass is 324 g/mol. The van der Waals surface area contributed by atoms with Gasteiger partial charge < -0.3 is 4.74 Å². The number of pyridine rings is 1. The Morgan fingerprint density at radius 3 is 2.68 bits per heavy atom. The first kappa shape index (κ1) is 14.9. The van der Waals surface area contributed by atoms with E-state index in [0.717, 1.165) is 22.1 Å². The zero-order chi connectivity index (χ0) is 15.7. The number of alkyl halides is 3. The minimum Gasteiger partial charge on any atom is -0.380 e. The van der Waals surface area contributed by atoms with Crippen molar-refractivity contribution in [3.05, 3.63) is 47.1 Å². The molecule has 0 atom stereocenters. The molecule has 3 rings (SSSR count). The van der Waals surface area contributed by atoms with Gasteiger partial charge in [0.1, 0.15) is 5.01 Å². The van der Waals surface area contributed by atoms with Crippen molar-refractivity contribution in [2.45, 2.75) is 12.8 Å². The van der Waals surface area contributed by atoms with E-state index in [4.69, 9.17) is 4.74 Å². The van der Waals surface area contributed by atoms with Gasteiger partial charge in [-0.15, -0.1) is 11.3 Å². The number of hydrogen-bond acceptors (Lipinski definition) is 4. The summed E-state index contributed by atoms with van der Waals surface area (Å²) in [4.78, 5) is 8.07. The largest absolute Gasteiger partial charge is 0.434 e. The van der Waals surface area contributed by atoms with Crippen LogP contribution in [0.2, 0.25) is 0 Å². The second kappa shape index (κ2) is 5.66. The number of halogens is 3. The van der Waals surface area contributed by atoms with Crippen molar-refractivity contribution in [2.24, 2.45) is 0 Å². The van der Waals surface area contributed by atoms with Gasteiger partial charge in [-0.3, -0.25) is 4.98 Å². The molecule has 3 nitrogen and oxygen atoms in total. The molecule has 0 bridgehead atoms. The second-order valence-electron chi connectivity index (χ2n) is 4.64. The normalized spacial score (nSPS) is 12.0. The Labute approximate surface area is 128 Å². The summed E-state index contributed by atoms with van der Waals surface area (Å²) in [6, 6.07) is 7.29. The third-order valence-corrected chi connectivity index (χ3v) is 4.02. The van der Waals surface area contributed by atoms with Crippen LogP contribution in [0.5, 0.6) is 0 Å². The fourth-order valence-corrected chi connectivity index (χ4v) is 3.14. The van der Waals surface area contributed by atoms with Crippen molar-refractivity contribution in [3.8, 4) is 10.6 Å². The molecule has 0 fully saturated rings. The molecule has 0 saturated heterocycles. The Hall–Kier alpha value is -1.99. The van der Waals surface area contributed by atoms with E-state index in [-0.39, 0.29) is 6.61 Å². The average molecular weight is 324 g/mol. The van der Waals surface area contributed by atoms with Crippen LogP contribution in [0.1, 0.15) is 11.3 Å². The molecule has 114 valence electrons. The molecule has 0 amide bonds. The van der Waals surface area contributed by atoms with E-state index in [1.807, 2.05) is 24.3 Å². The number of thiazole rings is 1. The van der Waals surface area contributed by atoms with E-state index in [0.29, 0.717) is 21.7 Å². The highest BCUT2D eigenvalue weighted by molar-refractivity contribution is 7.13. The fraction of sp³-hybridized carbons (Fsp3) is 0.200. The molecule has 0 aliphatic carbocycles. The maximum Gasteiger partial charge on any atom is 0.434 e. The summed E-state index contributed by atoms with van der Waals surface area (Å²) in [7, 11) is 1.53. The highest BCUT2D eigenvalue weighted by Crippen LogP contribution is 2.37. The smallest absolute Gasteiger partial charge is 0.380 e. The van der Waals surface area contributed by atoms with Crippen LogP contribution in [0.25, 0.3) is 21.5 Å². The molecule has 2 aromatic heterocycles. The van der Waals surface area contributed by atoms with Crippen LogP contribution in [-0.2, 0) is 17.5 Å². The summed E-state index contributed by atoms with van der Waals surface area (Å²) in [5.74, 6) is 0. The number of methoxy groups -OCH3 is 1. The van der Waals surface area contributed by atoms with Gasteiger partial charge in [0.15, 0.2) is 5.69 Å². The van der Waals surface area contributed by atoms with E-state index < -0.39 is 11.9 Å². The lowest BCUT2D eigenvalue weighted by Gasteiger charge is -2.10. The van der Waals surface area contributed by atoms with Crippen LogP contribution in [0.15, 0.2) is 35.8 Å². The van der Waals surface area contributed by atoms with Gasteiger partial charge in [-0.2, -0.15) is 13.2 Å². The summed E-state index contributed by atoms with van der Waals surface area (Å²) in [6.07, 6.45) is -2.82. The molecule has 1 aromatic carbocycles. The topological polar surface area (TPSA) is 35.0 Å². The van der Waals surface area contributed by atoms with Crippen LogP contribution in [0.3, 0.4) is 0 Å². The molecule has 0 aliphatic rings. The third kappa shape index (κ3) is 2.69. The summed E-state index contributed by atoms with van der Waals surface area (Å²) in [5.41, 5.74) is 1.19. The van der Waals surface area contributed by atoms with Gasteiger partial charge in [0.25, 0.3) is 0 Å². The maximum absolute atomic E-state index is 12.8. The van der Waals surface area contributed by atoms with Gasteiger partial charge in [-0.25, -0.2) is 4.98 Å². The molecule has 0 unspecified atom stereocenters. The minimum atomic E-state index is -4.45. The summed E-state index contributed by atoms with van der Waals surface area (Å²) in [6.45, 7) is 0.258. The number of benzene rings is 1. The van der Waals surface area contributed by atoms with Gasteiger partial charge in [-0.1, -0.05) is 18.2 Å². The summed E-state index contributed by atoms with van der Waals surface area (Å²) >= 11 is 0.970. The first-order valence-corrected chi connectivity index (χ1v) is 7.27. The molecule has 0 saturated carbocycles. The van der Waals surface area contributed by atoms with Crippen LogP contribution >= 0.6 is 11.3 Å². The van der Waals surface area contributed by atoms with E-state index in [1.165, 1.54) is 7.11 Å². The van der Waals surface area contributed by atoms with Gasteiger partial charge in [-0.05, 0) is 6.07 Å². The van der Waals surface area contributed by atoms with Crippen molar-refractivity contribution < 1.29 is 17.9 Å². The van der Waals surface area contributed by atoms with E-state index >= 15 is 0 Å². The lowest BCUT2D eigenvalue weighted by molar-refractivity contribution is -0.140. The van der Waals surface area contributed by atoms with Gasteiger partial charge in [0.05, 0.1) is 12.1 Å². The SMILES string of the molecule is COCc1cnc2ccccc2c1-c1nc(C(F)(F)F)cs1. The Bertz CT molecular complexity index is 814. The lowest BCUT2D eigenvalue weighted by Crippen LogP contribution is -2.05. The van der Waals surface area contributed by atoms with Crippen LogP contribution in [0.4, 0.5) is 13.2 Å². The molecule has 0 radical (unpaired) electrons. The quantitative estimate of drug-likeness (QED) is 0.710. The molecule has 0 spiro atoms. The number of nitrogens with zero attached hydrogens (tertiary/aromatic N) is 2. The van der Waals surface area contributed by atoms with Crippen LogP contribution < -0.4 is 0 Å². The Morgan fingerprint density at radius 1 is 1.23 bits per heavy atom. The Kier molecular flexibility index (Phi) is 3.84. The zero-order valence-electron chi connectivity index (χ0n) is 11.5. The van der Waals surface area contributed by atoms with Crippen molar-refractivity contribution >= 4 is 22.2 Å². The predicted molar refractivity (Wildman–Crippen MR) is 78.6 cm³/mol. The molecule has 0 N–H and O–H groups in total. The van der Waals surface area contributed by atoms with E-state index in [1.54, 1.807) is 6.20 Å². The van der Waals surface area contributed by atoms with Crippen molar-refractivity contribution in [3.63, 3.8) is 0 Å². The highest BCUT2D eigenvalue weighted by Gasteiger charge is 2.34. The molecular formula is C15H11F3N2OS. The minimum absolute atomic E-state index is 0.258. The number of rotatable bonds is 3. The highest BCUT2D eigenvalue weighted by atomic mass is 32.1. The van der Waals surface area contributed by atoms with E-state index in [9.17, 15) is 13.2 Å². The molecule has 0 aliphatic heterocycles. The van der Waals surface area contributed by atoms with E-state index in [2.05, 4.69) is 9.97 Å². The molecular weight excluding hydrogens is 313 g/mol. The molecule has 22 heavy (non-hydrogen) atoms. The number of ether oxygens (including phenoxy) is 1. The van der Waals surface area contributed by atoms with Gasteiger partial charge in [0, 0.05) is 35.2 Å². The number of hydrogen-bond donors (Lipinski definition) is 0. The maximum atomic E-state index is 12.8. The molecule has 7 heteroatoms. The number of para-hydroxylation sites is 1. The standard InChI is InChI=1S/C15H11F3N2OS/c1-21-7-9-6-19-11-5-3-2-4-10(11)13(9)14-20-12(8-22-14)15(16,17)18/h2-6,8H,7H2,1H3. The number of aromatic nitrogens is 2. The van der Waals surface area contributed by atoms with Gasteiger partial charge >= 0.3 is 6.18 Å². The second-order valence-corrected chi connectivity index (χ2v) is 5.50. The van der Waals surface area contributed by atoms with Gasteiger partial charge in [0.2, 0.25) is 0 Å². The Morgan fingerprint density at radius 2 is 2.00 bits per heavy atom. The predicted octanol–water partition coefficient (Wildman–Crippen LogP) is 4.52. The number of fused-ring (bicyclic) bond motifs is 1. The third-order valence-electron chi connectivity index (χ3n) is 3.16. The Balaban J connectivity index is 2.23. The molecule has 3 aromatic rings. The first-order chi connectivity index (χ1) is 10.5. The molecule has 2 heterocycles. The zero-order valence-corrected chi connectivity index (χ0v) is 12.3. The first-order valence-electron chi connectivity index (χ1n) is 6.39. The average Bonchev–Trinajstić information content (AvgIpc) is 2.97. The van der Waals surface area contributed by atoms with Crippen molar-refractivity contribution in [2.75, 3.05) is 7.11 Å². The lowest BCUT2D eigenvalue weighted by atomic mass is 10.0. The van der Waals surface area contributed by atoms with Crippen LogP contribution in [-0.4, -0.2) is 17.1 Å². The fourth-order valence-electron chi connectivity index (χ4n) is 2.22. The van der Waals surface area contributed by atoms with Crippen molar-refractivity contribution in [1.82, 2.24) is 9.97 Å².